The van der Waals surface area contributed by atoms with Gasteiger partial charge in [-0.15, -0.1) is 61.2 Å². The molecule has 0 nitrogen and oxygen atoms in total. The topological polar surface area (TPSA) is 0 Å². The monoisotopic (exact) mass is 400 g/mol. The highest BCUT2D eigenvalue weighted by Crippen LogP contribution is 2.55. The summed E-state index contributed by atoms with van der Waals surface area (Å²) in [4.78, 5) is -2.16. The van der Waals surface area contributed by atoms with E-state index < -0.39 is 9.66 Å². The zero-order valence-electron chi connectivity index (χ0n) is 3.93. The molecule has 0 aromatic carbocycles. The molecular formula is C2H4Br4Si2. The van der Waals surface area contributed by atoms with Crippen molar-refractivity contribution in [3.05, 3.63) is 0 Å². The summed E-state index contributed by atoms with van der Waals surface area (Å²) in [5.41, 5.74) is 0. The molecule has 0 unspecified atom stereocenters. The maximum absolute atomic E-state index is 3.71. The van der Waals surface area contributed by atoms with Crippen LogP contribution >= 0.6 is 61.2 Å². The quantitative estimate of drug-likeness (QED) is 0.429. The van der Waals surface area contributed by atoms with Crippen molar-refractivity contribution in [2.45, 2.75) is 12.1 Å². The molecule has 0 aliphatic carbocycles. The van der Waals surface area contributed by atoms with Crippen molar-refractivity contribution >= 4 is 70.8 Å². The van der Waals surface area contributed by atoms with E-state index in [1.54, 1.807) is 0 Å². The van der Waals surface area contributed by atoms with Gasteiger partial charge in [0, 0.05) is 0 Å². The van der Waals surface area contributed by atoms with Gasteiger partial charge in [-0.3, -0.25) is 0 Å². The van der Waals surface area contributed by atoms with Gasteiger partial charge in [-0.05, 0) is 12.1 Å². The highest BCUT2D eigenvalue weighted by molar-refractivity contribution is 9.66. The minimum atomic E-state index is -1.08. The predicted octanol–water partition coefficient (Wildman–Crippen LogP) is 3.54. The average molecular weight is 404 g/mol. The van der Waals surface area contributed by atoms with Gasteiger partial charge in [-0.1, -0.05) is 0 Å². The Balaban J connectivity index is 2.63. The molecule has 0 bridgehead atoms. The van der Waals surface area contributed by atoms with Crippen LogP contribution in [0, 0.1) is 0 Å². The fourth-order valence-electron chi connectivity index (χ4n) is 0.503. The first-order valence-electron chi connectivity index (χ1n) is 2.21. The van der Waals surface area contributed by atoms with E-state index in [9.17, 15) is 0 Å². The Morgan fingerprint density at radius 3 is 1.00 bits per heavy atom. The van der Waals surface area contributed by atoms with Gasteiger partial charge in [-0.25, -0.2) is 0 Å². The molecule has 0 aromatic rings. The van der Waals surface area contributed by atoms with Crippen molar-refractivity contribution in [3.8, 4) is 0 Å². The third kappa shape index (κ3) is 1.34. The largest absolute Gasteiger partial charge is 0.215 e. The lowest BCUT2D eigenvalue weighted by Crippen LogP contribution is -2.54. The highest BCUT2D eigenvalue weighted by Gasteiger charge is 2.58. The summed E-state index contributed by atoms with van der Waals surface area (Å²) in [5.74, 6) is 0. The maximum Gasteiger partial charge on any atom is 0.215 e. The molecule has 1 rings (SSSR count). The van der Waals surface area contributed by atoms with Crippen LogP contribution in [0.25, 0.3) is 0 Å². The van der Waals surface area contributed by atoms with Gasteiger partial charge in [0.05, 0.1) is 0 Å². The lowest BCUT2D eigenvalue weighted by Gasteiger charge is -2.40. The van der Waals surface area contributed by atoms with Gasteiger partial charge in [0.2, 0.25) is 9.66 Å². The Bertz CT molecular complexity index is 96.6. The summed E-state index contributed by atoms with van der Waals surface area (Å²) in [6, 6.07) is 2.71. The van der Waals surface area contributed by atoms with Gasteiger partial charge in [-0.2, -0.15) is 0 Å². The first-order valence-corrected chi connectivity index (χ1v) is 16.7. The SMILES string of the molecule is Br[Si]1(Br)CC[Si]1(Br)Br. The minimum absolute atomic E-state index is 1.08. The molecule has 0 amide bonds. The molecule has 1 aliphatic rings. The van der Waals surface area contributed by atoms with Gasteiger partial charge in [0.25, 0.3) is 0 Å². The molecule has 48 valence electrons. The Morgan fingerprint density at radius 2 is 1.00 bits per heavy atom. The molecule has 0 spiro atoms. The zero-order valence-corrected chi connectivity index (χ0v) is 12.3. The van der Waals surface area contributed by atoms with Crippen molar-refractivity contribution < 1.29 is 0 Å². The number of hydrogen-bond donors (Lipinski definition) is 0. The van der Waals surface area contributed by atoms with Crippen molar-refractivity contribution in [2.75, 3.05) is 0 Å². The first-order chi connectivity index (χ1) is 3.46. The van der Waals surface area contributed by atoms with Gasteiger partial charge >= 0.3 is 0 Å². The van der Waals surface area contributed by atoms with Gasteiger partial charge < -0.3 is 0 Å². The molecule has 0 radical (unpaired) electrons. The molecule has 6 heteroatoms. The minimum Gasteiger partial charge on any atom is -0.112 e. The van der Waals surface area contributed by atoms with Crippen LogP contribution in [-0.4, -0.2) is 9.66 Å². The molecule has 0 atom stereocenters. The van der Waals surface area contributed by atoms with E-state index in [0.717, 1.165) is 0 Å². The van der Waals surface area contributed by atoms with E-state index in [2.05, 4.69) is 61.2 Å². The van der Waals surface area contributed by atoms with Crippen LogP contribution in [0.2, 0.25) is 12.1 Å². The fraction of sp³-hybridized carbons (Fsp3) is 1.00. The van der Waals surface area contributed by atoms with Crippen LogP contribution in [0.5, 0.6) is 0 Å². The van der Waals surface area contributed by atoms with Crippen LogP contribution in [0.15, 0.2) is 0 Å². The Morgan fingerprint density at radius 1 is 0.750 bits per heavy atom. The molecule has 0 saturated carbocycles. The highest BCUT2D eigenvalue weighted by atomic mass is 79.9. The number of halogens is 4. The molecule has 1 aliphatic heterocycles. The maximum atomic E-state index is 3.71. The van der Waals surface area contributed by atoms with Crippen molar-refractivity contribution in [2.24, 2.45) is 0 Å². The smallest absolute Gasteiger partial charge is 0.112 e. The summed E-state index contributed by atoms with van der Waals surface area (Å²) in [6.45, 7) is 0. The van der Waals surface area contributed by atoms with Crippen molar-refractivity contribution in [1.82, 2.24) is 0 Å². The molecular weight excluding hydrogens is 400 g/mol. The molecule has 1 fully saturated rings. The second-order valence-electron chi connectivity index (χ2n) is 1.91. The summed E-state index contributed by atoms with van der Waals surface area (Å²) < 4.78 is 0. The Labute approximate surface area is 81.9 Å². The Hall–Kier alpha value is 2.35. The van der Waals surface area contributed by atoms with Crippen molar-refractivity contribution in [3.63, 3.8) is 0 Å². The average Bonchev–Trinajstić information content (AvgIpc) is 1.64. The number of rotatable bonds is 0. The number of hydrogen-bond acceptors (Lipinski definition) is 0. The van der Waals surface area contributed by atoms with E-state index in [0.29, 0.717) is 0 Å². The van der Waals surface area contributed by atoms with Crippen LogP contribution in [0.1, 0.15) is 0 Å². The molecule has 1 heterocycles. The van der Waals surface area contributed by atoms with Crippen molar-refractivity contribution in [1.29, 1.82) is 0 Å². The van der Waals surface area contributed by atoms with Gasteiger partial charge in [0.1, 0.15) is 0 Å². The van der Waals surface area contributed by atoms with Crippen LogP contribution in [0.3, 0.4) is 0 Å². The lowest BCUT2D eigenvalue weighted by molar-refractivity contribution is 1.37. The molecule has 1 saturated heterocycles. The summed E-state index contributed by atoms with van der Waals surface area (Å²) >= 11 is 14.8. The third-order valence-corrected chi connectivity index (χ3v) is 57.6. The predicted molar refractivity (Wildman–Crippen MR) is 56.8 cm³/mol. The summed E-state index contributed by atoms with van der Waals surface area (Å²) in [5, 5.41) is 0. The molecule has 0 aromatic heterocycles. The van der Waals surface area contributed by atoms with E-state index in [4.69, 9.17) is 0 Å². The Kier molecular flexibility index (Phi) is 2.58. The van der Waals surface area contributed by atoms with E-state index in [1.807, 2.05) is 0 Å². The van der Waals surface area contributed by atoms with Gasteiger partial charge in [0.15, 0.2) is 0 Å². The normalized spacial score (nSPS) is 31.5. The van der Waals surface area contributed by atoms with E-state index >= 15 is 0 Å². The standard InChI is InChI=1S/C2H4Br4Si2/c3-7(4)1-2-8(7,5)6/h1-2H2. The second-order valence-corrected chi connectivity index (χ2v) is 42.3. The fourth-order valence-corrected chi connectivity index (χ4v) is 18.8. The van der Waals surface area contributed by atoms with Crippen LogP contribution < -0.4 is 0 Å². The lowest BCUT2D eigenvalue weighted by atomic mass is 10.9. The first kappa shape index (κ1) is 8.45. The third-order valence-electron chi connectivity index (χ3n) is 1.29. The summed E-state index contributed by atoms with van der Waals surface area (Å²) in [7, 11) is 0. The second kappa shape index (κ2) is 2.44. The van der Waals surface area contributed by atoms with E-state index in [-0.39, 0.29) is 0 Å². The zero-order chi connectivity index (χ0) is 6.41. The molecule has 8 heavy (non-hydrogen) atoms. The van der Waals surface area contributed by atoms with Crippen LogP contribution in [-0.2, 0) is 0 Å². The summed E-state index contributed by atoms with van der Waals surface area (Å²) in [6.07, 6.45) is 0. The molecule has 0 N–H and O–H groups in total. The van der Waals surface area contributed by atoms with Crippen LogP contribution in [0.4, 0.5) is 0 Å². The van der Waals surface area contributed by atoms with E-state index in [1.165, 1.54) is 12.1 Å².